The molecule has 3 aromatic rings. The zero-order chi connectivity index (χ0) is 28.8. The van der Waals surface area contributed by atoms with E-state index in [1.807, 2.05) is 0 Å². The van der Waals surface area contributed by atoms with Crippen molar-refractivity contribution in [1.82, 2.24) is 23.8 Å². The van der Waals surface area contributed by atoms with Gasteiger partial charge in [-0.3, -0.25) is 0 Å². The highest BCUT2D eigenvalue weighted by molar-refractivity contribution is 7.88. The van der Waals surface area contributed by atoms with Gasteiger partial charge in [0.15, 0.2) is 0 Å². The van der Waals surface area contributed by atoms with E-state index in [0.717, 1.165) is 39.8 Å². The number of nitriles is 1. The van der Waals surface area contributed by atoms with Crippen LogP contribution in [0.3, 0.4) is 0 Å². The van der Waals surface area contributed by atoms with Gasteiger partial charge in [0.1, 0.15) is 23.1 Å². The van der Waals surface area contributed by atoms with E-state index in [1.54, 1.807) is 0 Å². The lowest BCUT2D eigenvalue weighted by Gasteiger charge is -2.33. The summed E-state index contributed by atoms with van der Waals surface area (Å²) in [4.78, 5) is 11.2. The minimum Gasteiger partial charge on any atom is -0.348 e. The highest BCUT2D eigenvalue weighted by atomic mass is 32.2. The maximum absolute atomic E-state index is 14.7. The number of hydrogen-bond donors (Lipinski definition) is 1. The van der Waals surface area contributed by atoms with Crippen molar-refractivity contribution in [2.24, 2.45) is 0 Å². The largest absolute Gasteiger partial charge is 0.420 e. The van der Waals surface area contributed by atoms with Gasteiger partial charge >= 0.3 is 12.4 Å². The third-order valence-corrected chi connectivity index (χ3v) is 7.20. The first-order valence-electron chi connectivity index (χ1n) is 11.0. The molecule has 0 aliphatic carbocycles. The molecule has 39 heavy (non-hydrogen) atoms. The Morgan fingerprint density at radius 2 is 1.85 bits per heavy atom. The van der Waals surface area contributed by atoms with Crippen LogP contribution < -0.4 is 5.32 Å². The summed E-state index contributed by atoms with van der Waals surface area (Å²) < 4.78 is 122. The summed E-state index contributed by atoms with van der Waals surface area (Å²) >= 11 is 0. The van der Waals surface area contributed by atoms with Crippen molar-refractivity contribution in [2.75, 3.05) is 24.7 Å². The molecule has 2 atom stereocenters. The van der Waals surface area contributed by atoms with Crippen molar-refractivity contribution < 1.29 is 39.2 Å². The lowest BCUT2D eigenvalue weighted by molar-refractivity contribution is -0.138. The fourth-order valence-electron chi connectivity index (χ4n) is 4.08. The first-order valence-corrected chi connectivity index (χ1v) is 12.9. The van der Waals surface area contributed by atoms with Crippen molar-refractivity contribution in [3.8, 4) is 23.1 Å². The summed E-state index contributed by atoms with van der Waals surface area (Å²) in [5, 5.41) is 11.7. The zero-order valence-corrected chi connectivity index (χ0v) is 20.6. The average Bonchev–Trinajstić information content (AvgIpc) is 3.33. The van der Waals surface area contributed by atoms with Crippen LogP contribution in [-0.2, 0) is 22.4 Å². The Hall–Kier alpha value is -3.78. The molecule has 1 aliphatic rings. The number of rotatable bonds is 5. The number of halogens is 7. The summed E-state index contributed by atoms with van der Waals surface area (Å²) in [6.45, 7) is -0.518. The molecule has 0 amide bonds. The van der Waals surface area contributed by atoms with Crippen molar-refractivity contribution >= 4 is 16.0 Å². The number of imidazole rings is 1. The monoisotopic (exact) mass is 577 g/mol. The predicted molar refractivity (Wildman–Crippen MR) is 123 cm³/mol. The summed E-state index contributed by atoms with van der Waals surface area (Å²) in [5.41, 5.74) is -5.13. The summed E-state index contributed by atoms with van der Waals surface area (Å²) in [6.07, 6.45) is -8.60. The Kier molecular flexibility index (Phi) is 7.29. The first kappa shape index (κ1) is 28.2. The molecule has 1 aliphatic heterocycles. The van der Waals surface area contributed by atoms with E-state index in [2.05, 4.69) is 20.3 Å². The number of anilines is 1. The van der Waals surface area contributed by atoms with E-state index in [4.69, 9.17) is 5.26 Å². The van der Waals surface area contributed by atoms with Gasteiger partial charge in [0, 0.05) is 25.5 Å². The van der Waals surface area contributed by atoms with Crippen LogP contribution in [-0.4, -0.2) is 63.8 Å². The number of piperidine rings is 1. The highest BCUT2D eigenvalue weighted by Gasteiger charge is 2.39. The molecule has 0 spiro atoms. The Balaban J connectivity index is 1.71. The van der Waals surface area contributed by atoms with Crippen molar-refractivity contribution in [1.29, 1.82) is 5.26 Å². The molecule has 0 bridgehead atoms. The van der Waals surface area contributed by atoms with E-state index >= 15 is 0 Å². The molecule has 0 radical (unpaired) electrons. The van der Waals surface area contributed by atoms with Crippen molar-refractivity contribution in [2.45, 2.75) is 31.0 Å². The second kappa shape index (κ2) is 10.1. The molecular weight excluding hydrogens is 559 g/mol. The van der Waals surface area contributed by atoms with E-state index in [1.165, 1.54) is 12.1 Å². The van der Waals surface area contributed by atoms with Gasteiger partial charge in [-0.05, 0) is 18.6 Å². The second-order valence-corrected chi connectivity index (χ2v) is 10.6. The van der Waals surface area contributed by atoms with E-state index < -0.39 is 80.8 Å². The highest BCUT2D eigenvalue weighted by Crippen LogP contribution is 2.38. The molecule has 4 rings (SSSR count). The van der Waals surface area contributed by atoms with E-state index in [0.29, 0.717) is 6.20 Å². The summed E-state index contributed by atoms with van der Waals surface area (Å²) in [7, 11) is -3.65. The van der Waals surface area contributed by atoms with Crippen LogP contribution in [0.2, 0.25) is 0 Å². The van der Waals surface area contributed by atoms with Crippen LogP contribution >= 0.6 is 0 Å². The van der Waals surface area contributed by atoms with Gasteiger partial charge in [0.2, 0.25) is 16.0 Å². The minimum absolute atomic E-state index is 0.0297. The molecule has 17 heteroatoms. The van der Waals surface area contributed by atoms with Gasteiger partial charge in [-0.2, -0.15) is 35.9 Å². The number of nitrogens with zero attached hydrogens (tertiary/aromatic N) is 6. The fraction of sp³-hybridized carbons (Fsp3) is 0.364. The van der Waals surface area contributed by atoms with Gasteiger partial charge in [0.25, 0.3) is 0 Å². The number of alkyl halides is 7. The van der Waals surface area contributed by atoms with Crippen molar-refractivity contribution in [3.05, 3.63) is 53.6 Å². The number of hydrogen-bond acceptors (Lipinski definition) is 7. The normalized spacial score (nSPS) is 19.1. The Bertz CT molecular complexity index is 1530. The van der Waals surface area contributed by atoms with E-state index in [-0.39, 0.29) is 13.0 Å². The Morgan fingerprint density at radius 3 is 2.44 bits per heavy atom. The molecule has 3 heterocycles. The van der Waals surface area contributed by atoms with Crippen LogP contribution in [0.5, 0.6) is 0 Å². The average molecular weight is 577 g/mol. The quantitative estimate of drug-likeness (QED) is 0.456. The third-order valence-electron chi connectivity index (χ3n) is 5.93. The molecular formula is C22H18F7N7O2S. The maximum Gasteiger partial charge on any atom is 0.420 e. The smallest absolute Gasteiger partial charge is 0.348 e. The zero-order valence-electron chi connectivity index (χ0n) is 19.8. The van der Waals surface area contributed by atoms with Crippen LogP contribution in [0.15, 0.2) is 36.9 Å². The lowest BCUT2D eigenvalue weighted by Crippen LogP contribution is -2.49. The predicted octanol–water partition coefficient (Wildman–Crippen LogP) is 4.02. The minimum atomic E-state index is -4.97. The standard InChI is InChI=1S/C22H18F7N7O2S/c1-39(37,38)36-6-5-15(14(23)9-36)33-20-31-8-13(21(24,25)26)19(34-20)16-10-35(11-32-16)17-4-2-3-12(7-30)18(17)22(27,28)29/h2-4,8,10-11,14-15H,5-6,9H2,1H3,(H,31,33,34)/t14-,15+/m1/s1. The van der Waals surface area contributed by atoms with Crippen molar-refractivity contribution in [3.63, 3.8) is 0 Å². The van der Waals surface area contributed by atoms with Gasteiger partial charge < -0.3 is 9.88 Å². The topological polar surface area (TPSA) is 117 Å². The molecule has 1 N–H and O–H groups in total. The van der Waals surface area contributed by atoms with Crippen LogP contribution in [0, 0.1) is 11.3 Å². The molecule has 2 aromatic heterocycles. The summed E-state index contributed by atoms with van der Waals surface area (Å²) in [6, 6.07) is 3.58. The molecule has 9 nitrogen and oxygen atoms in total. The molecule has 1 aromatic carbocycles. The number of aromatic nitrogens is 4. The Morgan fingerprint density at radius 1 is 1.13 bits per heavy atom. The fourth-order valence-corrected chi connectivity index (χ4v) is 4.93. The molecule has 1 saturated heterocycles. The van der Waals surface area contributed by atoms with Gasteiger partial charge in [0.05, 0.1) is 41.5 Å². The first-order chi connectivity index (χ1) is 18.1. The van der Waals surface area contributed by atoms with Gasteiger partial charge in [-0.25, -0.2) is 27.8 Å². The SMILES string of the molecule is CS(=O)(=O)N1CC[C@H](Nc2ncc(C(F)(F)F)c(-c3cn(-c4cccc(C#N)c4C(F)(F)F)cn3)n2)[C@H](F)C1. The number of benzene rings is 1. The van der Waals surface area contributed by atoms with E-state index in [9.17, 15) is 39.2 Å². The molecule has 0 unspecified atom stereocenters. The Labute approximate surface area is 217 Å². The third kappa shape index (κ3) is 5.96. The number of sulfonamides is 1. The van der Waals surface area contributed by atoms with Crippen LogP contribution in [0.4, 0.5) is 36.7 Å². The molecule has 1 fully saturated rings. The summed E-state index contributed by atoms with van der Waals surface area (Å²) in [5.74, 6) is -0.421. The lowest BCUT2D eigenvalue weighted by atomic mass is 10.1. The second-order valence-electron chi connectivity index (χ2n) is 8.61. The molecule has 208 valence electrons. The van der Waals surface area contributed by atoms with Gasteiger partial charge in [-0.1, -0.05) is 6.07 Å². The van der Waals surface area contributed by atoms with Gasteiger partial charge in [-0.15, -0.1) is 0 Å². The maximum atomic E-state index is 14.7. The van der Waals surface area contributed by atoms with Crippen LogP contribution in [0.25, 0.3) is 17.1 Å². The van der Waals surface area contributed by atoms with Crippen LogP contribution in [0.1, 0.15) is 23.1 Å². The molecule has 0 saturated carbocycles. The number of nitrogens with one attached hydrogen (secondary N) is 1.